The summed E-state index contributed by atoms with van der Waals surface area (Å²) in [5, 5.41) is 0. The van der Waals surface area contributed by atoms with Gasteiger partial charge >= 0.3 is 0 Å². The Morgan fingerprint density at radius 1 is 1.33 bits per heavy atom. The molecular formula is C15H24BrNO3S. The molecule has 0 aliphatic rings. The fourth-order valence-corrected chi connectivity index (χ4v) is 3.18. The number of rotatable bonds is 6. The zero-order valence-corrected chi connectivity index (χ0v) is 15.4. The molecule has 120 valence electrons. The molecule has 0 aliphatic carbocycles. The first-order valence-electron chi connectivity index (χ1n) is 6.92. The van der Waals surface area contributed by atoms with Crippen molar-refractivity contribution in [2.75, 3.05) is 12.4 Å². The van der Waals surface area contributed by atoms with Crippen molar-refractivity contribution in [3.05, 3.63) is 28.2 Å². The van der Waals surface area contributed by atoms with Crippen molar-refractivity contribution >= 4 is 25.8 Å². The van der Waals surface area contributed by atoms with Gasteiger partial charge in [0.25, 0.3) is 0 Å². The second kappa shape index (κ2) is 7.11. The lowest BCUT2D eigenvalue weighted by molar-refractivity contribution is 0.337. The third-order valence-corrected chi connectivity index (χ3v) is 6.29. The van der Waals surface area contributed by atoms with E-state index in [2.05, 4.69) is 15.9 Å². The maximum Gasteiger partial charge on any atom is 0.158 e. The van der Waals surface area contributed by atoms with Gasteiger partial charge in [0, 0.05) is 6.04 Å². The Kier molecular flexibility index (Phi) is 6.25. The van der Waals surface area contributed by atoms with Crippen LogP contribution in [-0.4, -0.2) is 31.6 Å². The molecule has 1 aromatic carbocycles. The van der Waals surface area contributed by atoms with Gasteiger partial charge in [-0.3, -0.25) is 0 Å². The van der Waals surface area contributed by atoms with Gasteiger partial charge in [-0.2, -0.15) is 0 Å². The highest BCUT2D eigenvalue weighted by Crippen LogP contribution is 2.27. The number of halogens is 1. The lowest BCUT2D eigenvalue weighted by atomic mass is 10.1. The van der Waals surface area contributed by atoms with Crippen LogP contribution in [-0.2, 0) is 16.3 Å². The highest BCUT2D eigenvalue weighted by atomic mass is 79.9. The standard InChI is InChI=1S/C15H24BrNO3S/c1-11(17)9-12-5-6-14(13(16)10-12)20-7-8-21(18,19)15(2,3)4/h5-6,10-11H,7-9,17H2,1-4H3. The molecule has 0 aliphatic heterocycles. The maximum atomic E-state index is 12.0. The Hall–Kier alpha value is -0.590. The molecule has 1 atom stereocenters. The smallest absolute Gasteiger partial charge is 0.158 e. The average Bonchev–Trinajstić information content (AvgIpc) is 2.29. The Morgan fingerprint density at radius 3 is 2.43 bits per heavy atom. The molecular weight excluding hydrogens is 354 g/mol. The number of benzene rings is 1. The molecule has 0 saturated carbocycles. The van der Waals surface area contributed by atoms with Crippen LogP contribution < -0.4 is 10.5 Å². The van der Waals surface area contributed by atoms with Crippen LogP contribution in [0.5, 0.6) is 5.75 Å². The zero-order chi connectivity index (χ0) is 16.3. The van der Waals surface area contributed by atoms with E-state index in [-0.39, 0.29) is 18.4 Å². The molecule has 21 heavy (non-hydrogen) atoms. The number of hydrogen-bond acceptors (Lipinski definition) is 4. The summed E-state index contributed by atoms with van der Waals surface area (Å²) in [5.74, 6) is 0.650. The van der Waals surface area contributed by atoms with Crippen LogP contribution in [0.1, 0.15) is 33.3 Å². The van der Waals surface area contributed by atoms with Gasteiger partial charge in [-0.05, 0) is 67.7 Å². The van der Waals surface area contributed by atoms with E-state index in [0.717, 1.165) is 16.5 Å². The summed E-state index contributed by atoms with van der Waals surface area (Å²) >= 11 is 3.44. The molecule has 0 fully saturated rings. The first-order valence-corrected chi connectivity index (χ1v) is 9.36. The van der Waals surface area contributed by atoms with Gasteiger partial charge in [-0.15, -0.1) is 0 Å². The van der Waals surface area contributed by atoms with Crippen molar-refractivity contribution in [3.63, 3.8) is 0 Å². The molecule has 0 radical (unpaired) electrons. The molecule has 0 saturated heterocycles. The Labute approximate surface area is 136 Å². The predicted octanol–water partition coefficient (Wildman–Crippen LogP) is 2.93. The van der Waals surface area contributed by atoms with E-state index in [1.807, 2.05) is 25.1 Å². The number of hydrogen-bond donors (Lipinski definition) is 1. The molecule has 1 rings (SSSR count). The van der Waals surface area contributed by atoms with E-state index in [9.17, 15) is 8.42 Å². The van der Waals surface area contributed by atoms with Gasteiger partial charge in [0.2, 0.25) is 0 Å². The monoisotopic (exact) mass is 377 g/mol. The molecule has 1 unspecified atom stereocenters. The summed E-state index contributed by atoms with van der Waals surface area (Å²) in [4.78, 5) is 0. The summed E-state index contributed by atoms with van der Waals surface area (Å²) < 4.78 is 29.6. The van der Waals surface area contributed by atoms with Crippen molar-refractivity contribution in [1.29, 1.82) is 0 Å². The minimum atomic E-state index is -3.16. The van der Waals surface area contributed by atoms with E-state index in [1.54, 1.807) is 20.8 Å². The van der Waals surface area contributed by atoms with Crippen molar-refractivity contribution in [3.8, 4) is 5.75 Å². The zero-order valence-electron chi connectivity index (χ0n) is 13.0. The maximum absolute atomic E-state index is 12.0. The summed E-state index contributed by atoms with van der Waals surface area (Å²) in [6.07, 6.45) is 0.789. The lowest BCUT2D eigenvalue weighted by Gasteiger charge is -2.19. The summed E-state index contributed by atoms with van der Waals surface area (Å²) in [6.45, 7) is 7.18. The van der Waals surface area contributed by atoms with E-state index >= 15 is 0 Å². The second-order valence-corrected chi connectivity index (χ2v) is 9.94. The minimum Gasteiger partial charge on any atom is -0.491 e. The highest BCUT2D eigenvalue weighted by molar-refractivity contribution is 9.10. The predicted molar refractivity (Wildman–Crippen MR) is 90.5 cm³/mol. The van der Waals surface area contributed by atoms with Gasteiger partial charge < -0.3 is 10.5 Å². The third-order valence-electron chi connectivity index (χ3n) is 3.10. The quantitative estimate of drug-likeness (QED) is 0.827. The lowest BCUT2D eigenvalue weighted by Crippen LogP contribution is -2.32. The van der Waals surface area contributed by atoms with Crippen molar-refractivity contribution in [2.24, 2.45) is 5.73 Å². The second-order valence-electron chi connectivity index (χ2n) is 6.23. The van der Waals surface area contributed by atoms with Crippen LogP contribution in [0.2, 0.25) is 0 Å². The first-order chi connectivity index (χ1) is 9.53. The third kappa shape index (κ3) is 5.60. The molecule has 0 aromatic heterocycles. The summed E-state index contributed by atoms with van der Waals surface area (Å²) in [6, 6.07) is 5.84. The number of ether oxygens (including phenoxy) is 1. The molecule has 4 nitrogen and oxygen atoms in total. The summed E-state index contributed by atoms with van der Waals surface area (Å²) in [5.41, 5.74) is 6.89. The van der Waals surface area contributed by atoms with Crippen LogP contribution in [0.3, 0.4) is 0 Å². The van der Waals surface area contributed by atoms with Gasteiger partial charge in [0.15, 0.2) is 9.84 Å². The van der Waals surface area contributed by atoms with Crippen molar-refractivity contribution < 1.29 is 13.2 Å². The molecule has 0 bridgehead atoms. The van der Waals surface area contributed by atoms with E-state index in [4.69, 9.17) is 10.5 Å². The van der Waals surface area contributed by atoms with Gasteiger partial charge in [-0.25, -0.2) is 8.42 Å². The number of nitrogens with two attached hydrogens (primary N) is 1. The molecule has 2 N–H and O–H groups in total. The molecule has 6 heteroatoms. The molecule has 0 amide bonds. The summed E-state index contributed by atoms with van der Waals surface area (Å²) in [7, 11) is -3.16. The Morgan fingerprint density at radius 2 is 1.95 bits per heavy atom. The van der Waals surface area contributed by atoms with Crippen LogP contribution in [0, 0.1) is 0 Å². The molecule has 0 spiro atoms. The molecule has 1 aromatic rings. The first kappa shape index (κ1) is 18.5. The molecule has 0 heterocycles. The fraction of sp³-hybridized carbons (Fsp3) is 0.600. The SMILES string of the molecule is CC(N)Cc1ccc(OCCS(=O)(=O)C(C)(C)C)c(Br)c1. The normalized spacial score (nSPS) is 14.0. The number of sulfone groups is 1. The fourth-order valence-electron chi connectivity index (χ4n) is 1.73. The van der Waals surface area contributed by atoms with Gasteiger partial charge in [0.1, 0.15) is 12.4 Å². The Balaban J connectivity index is 2.65. The van der Waals surface area contributed by atoms with E-state index < -0.39 is 14.6 Å². The van der Waals surface area contributed by atoms with Gasteiger partial charge in [0.05, 0.1) is 15.0 Å². The van der Waals surface area contributed by atoms with Gasteiger partial charge in [-0.1, -0.05) is 6.07 Å². The average molecular weight is 378 g/mol. The van der Waals surface area contributed by atoms with E-state index in [0.29, 0.717) is 5.75 Å². The Bertz CT molecular complexity index is 577. The van der Waals surface area contributed by atoms with Crippen LogP contribution in [0.15, 0.2) is 22.7 Å². The van der Waals surface area contributed by atoms with Crippen molar-refractivity contribution in [2.45, 2.75) is 44.9 Å². The minimum absolute atomic E-state index is 0.00449. The van der Waals surface area contributed by atoms with Crippen LogP contribution >= 0.6 is 15.9 Å². The topological polar surface area (TPSA) is 69.4 Å². The van der Waals surface area contributed by atoms with Crippen molar-refractivity contribution in [1.82, 2.24) is 0 Å². The van der Waals surface area contributed by atoms with Crippen LogP contribution in [0.4, 0.5) is 0 Å². The van der Waals surface area contributed by atoms with E-state index in [1.165, 1.54) is 0 Å². The largest absolute Gasteiger partial charge is 0.491 e. The highest BCUT2D eigenvalue weighted by Gasteiger charge is 2.28. The van der Waals surface area contributed by atoms with Crippen LogP contribution in [0.25, 0.3) is 0 Å².